The fraction of sp³-hybridized carbons (Fsp3) is 0.222. The highest BCUT2D eigenvalue weighted by Crippen LogP contribution is 2.35. The van der Waals surface area contributed by atoms with Gasteiger partial charge in [0, 0.05) is 0 Å². The monoisotopic (exact) mass is 505 g/mol. The Kier molecular flexibility index (Phi) is 8.66. The van der Waals surface area contributed by atoms with Crippen LogP contribution in [-0.2, 0) is 24.3 Å². The van der Waals surface area contributed by atoms with Gasteiger partial charge in [0.1, 0.15) is 0 Å². The topological polar surface area (TPSA) is 126 Å². The van der Waals surface area contributed by atoms with Crippen LogP contribution in [0.3, 0.4) is 0 Å². The highest BCUT2D eigenvalue weighted by molar-refractivity contribution is 7.89. The molecule has 2 unspecified atom stereocenters. The average Bonchev–Trinajstić information content (AvgIpc) is 2.85. The third kappa shape index (κ3) is 6.01. The molecule has 2 atom stereocenters. The Morgan fingerprint density at radius 3 is 2.14 bits per heavy atom. The van der Waals surface area contributed by atoms with Gasteiger partial charge in [-0.3, -0.25) is 4.79 Å². The molecule has 0 spiro atoms. The number of ether oxygens (including phenoxy) is 1. The van der Waals surface area contributed by atoms with Gasteiger partial charge >= 0.3 is 11.7 Å². The summed E-state index contributed by atoms with van der Waals surface area (Å²) in [5, 5.41) is 0. The van der Waals surface area contributed by atoms with E-state index in [9.17, 15) is 23.5 Å². The fourth-order valence-electron chi connectivity index (χ4n) is 3.89. The summed E-state index contributed by atoms with van der Waals surface area (Å²) in [6.07, 6.45) is 0. The van der Waals surface area contributed by atoms with Crippen LogP contribution < -0.4 is 4.72 Å². The minimum absolute atomic E-state index is 0.0207. The molecule has 0 aliphatic carbocycles. The SMILES string of the molecule is CCOC(=O)C(=[N+]=[N-])C(=O)C(c1ccccc1)C(NS(=O)(=O)c1ccc(C)cc1)c1ccccc1C. The summed E-state index contributed by atoms with van der Waals surface area (Å²) in [5.74, 6) is -3.24. The van der Waals surface area contributed by atoms with Crippen molar-refractivity contribution < 1.29 is 27.5 Å². The number of carbonyl (C=O) groups excluding carboxylic acids is 2. The van der Waals surface area contributed by atoms with Gasteiger partial charge in [0.2, 0.25) is 10.0 Å². The Morgan fingerprint density at radius 2 is 1.56 bits per heavy atom. The van der Waals surface area contributed by atoms with E-state index < -0.39 is 39.4 Å². The maximum absolute atomic E-state index is 13.8. The van der Waals surface area contributed by atoms with Gasteiger partial charge < -0.3 is 10.3 Å². The smallest absolute Gasteiger partial charge is 0.442 e. The van der Waals surface area contributed by atoms with Crippen molar-refractivity contribution in [2.45, 2.75) is 37.6 Å². The summed E-state index contributed by atoms with van der Waals surface area (Å²) >= 11 is 0. The van der Waals surface area contributed by atoms with Crippen LogP contribution in [0, 0.1) is 13.8 Å². The van der Waals surface area contributed by atoms with Crippen LogP contribution in [0.5, 0.6) is 0 Å². The van der Waals surface area contributed by atoms with Crippen molar-refractivity contribution >= 4 is 27.5 Å². The summed E-state index contributed by atoms with van der Waals surface area (Å²) in [4.78, 5) is 29.2. The lowest BCUT2D eigenvalue weighted by Crippen LogP contribution is -2.40. The maximum Gasteiger partial charge on any atom is 0.442 e. The van der Waals surface area contributed by atoms with Crippen molar-refractivity contribution in [3.05, 3.63) is 107 Å². The number of esters is 1. The molecule has 3 aromatic rings. The van der Waals surface area contributed by atoms with Crippen LogP contribution in [-0.4, -0.2) is 37.3 Å². The minimum Gasteiger partial charge on any atom is -0.457 e. The van der Waals surface area contributed by atoms with Crippen LogP contribution in [0.1, 0.15) is 41.1 Å². The van der Waals surface area contributed by atoms with Gasteiger partial charge in [0.25, 0.3) is 5.78 Å². The molecule has 3 rings (SSSR count). The van der Waals surface area contributed by atoms with E-state index in [1.165, 1.54) is 12.1 Å². The standard InChI is InChI=1S/C27H27N3O5S/c1-4-35-27(32)25(29-28)26(31)23(20-11-6-5-7-12-20)24(22-13-9-8-10-19(22)3)30-36(33,34)21-16-14-18(2)15-17-21/h5-17,23-24,30H,4H2,1-3H3. The number of aryl methyl sites for hydroxylation is 2. The molecule has 0 radical (unpaired) electrons. The maximum atomic E-state index is 13.8. The second kappa shape index (κ2) is 11.7. The number of carbonyl (C=O) groups is 2. The number of rotatable bonds is 10. The number of ketones is 1. The zero-order valence-electron chi connectivity index (χ0n) is 20.2. The van der Waals surface area contributed by atoms with Gasteiger partial charge in [-0.2, -0.15) is 4.79 Å². The summed E-state index contributed by atoms with van der Waals surface area (Å²) in [5.41, 5.74) is 11.3. The Hall–Kier alpha value is -3.91. The molecule has 186 valence electrons. The van der Waals surface area contributed by atoms with Crippen molar-refractivity contribution in [2.24, 2.45) is 0 Å². The first-order valence-corrected chi connectivity index (χ1v) is 12.8. The van der Waals surface area contributed by atoms with Gasteiger partial charge in [0.15, 0.2) is 0 Å². The summed E-state index contributed by atoms with van der Waals surface area (Å²) in [6, 6.07) is 20.6. The van der Waals surface area contributed by atoms with E-state index in [1.807, 2.05) is 6.92 Å². The van der Waals surface area contributed by atoms with Gasteiger partial charge in [0.05, 0.1) is 23.5 Å². The van der Waals surface area contributed by atoms with E-state index in [-0.39, 0.29) is 11.5 Å². The van der Waals surface area contributed by atoms with Crippen LogP contribution in [0.15, 0.2) is 83.8 Å². The summed E-state index contributed by atoms with van der Waals surface area (Å²) < 4.78 is 34.5. The lowest BCUT2D eigenvalue weighted by atomic mass is 9.81. The van der Waals surface area contributed by atoms with E-state index in [2.05, 4.69) is 9.51 Å². The third-order valence-corrected chi connectivity index (χ3v) is 7.17. The molecule has 1 N–H and O–H groups in total. The van der Waals surface area contributed by atoms with Gasteiger partial charge in [-0.15, -0.1) is 0 Å². The largest absolute Gasteiger partial charge is 0.457 e. The molecule has 0 aromatic heterocycles. The molecular weight excluding hydrogens is 478 g/mol. The molecule has 0 amide bonds. The Bertz CT molecular complexity index is 1400. The molecule has 0 bridgehead atoms. The Morgan fingerprint density at radius 1 is 0.944 bits per heavy atom. The predicted octanol–water partition coefficient (Wildman–Crippen LogP) is 3.91. The zero-order valence-corrected chi connectivity index (χ0v) is 21.0. The van der Waals surface area contributed by atoms with Gasteiger partial charge in [-0.1, -0.05) is 72.3 Å². The summed E-state index contributed by atoms with van der Waals surface area (Å²) in [6.45, 7) is 5.15. The second-order valence-corrected chi connectivity index (χ2v) is 9.90. The molecule has 3 aromatic carbocycles. The van der Waals surface area contributed by atoms with E-state index in [4.69, 9.17) is 4.74 Å². The van der Waals surface area contributed by atoms with Gasteiger partial charge in [-0.25, -0.2) is 17.9 Å². The highest BCUT2D eigenvalue weighted by atomic mass is 32.2. The quantitative estimate of drug-likeness (QED) is 0.147. The van der Waals surface area contributed by atoms with E-state index >= 15 is 0 Å². The zero-order chi connectivity index (χ0) is 26.3. The van der Waals surface area contributed by atoms with Crippen molar-refractivity contribution in [1.82, 2.24) is 4.72 Å². The summed E-state index contributed by atoms with van der Waals surface area (Å²) in [7, 11) is -4.11. The number of hydrogen-bond donors (Lipinski definition) is 1. The van der Waals surface area contributed by atoms with Crippen LogP contribution >= 0.6 is 0 Å². The number of sulfonamides is 1. The molecule has 0 saturated heterocycles. The van der Waals surface area contributed by atoms with E-state index in [1.54, 1.807) is 80.6 Å². The molecule has 9 heteroatoms. The number of hydrogen-bond acceptors (Lipinski definition) is 5. The number of nitrogens with one attached hydrogen (secondary N) is 1. The lowest BCUT2D eigenvalue weighted by Gasteiger charge is -2.28. The third-order valence-electron chi connectivity index (χ3n) is 5.71. The molecule has 0 saturated carbocycles. The number of nitrogens with zero attached hydrogens (tertiary/aromatic N) is 2. The Labute approximate surface area is 210 Å². The van der Waals surface area contributed by atoms with Gasteiger partial charge in [-0.05, 0) is 49.6 Å². The van der Waals surface area contributed by atoms with E-state index in [0.29, 0.717) is 11.1 Å². The minimum atomic E-state index is -4.11. The van der Waals surface area contributed by atoms with Crippen LogP contribution in [0.4, 0.5) is 0 Å². The molecule has 8 nitrogen and oxygen atoms in total. The molecule has 0 fully saturated rings. The molecule has 36 heavy (non-hydrogen) atoms. The van der Waals surface area contributed by atoms with Crippen molar-refractivity contribution in [3.63, 3.8) is 0 Å². The van der Waals surface area contributed by atoms with Crippen molar-refractivity contribution in [2.75, 3.05) is 6.61 Å². The average molecular weight is 506 g/mol. The first kappa shape index (κ1) is 26.7. The Balaban J connectivity index is 2.22. The molecule has 0 aliphatic heterocycles. The van der Waals surface area contributed by atoms with Crippen LogP contribution in [0.25, 0.3) is 5.53 Å². The molecule has 0 aliphatic rings. The van der Waals surface area contributed by atoms with E-state index in [0.717, 1.165) is 11.1 Å². The molecule has 0 heterocycles. The first-order chi connectivity index (χ1) is 17.2. The van der Waals surface area contributed by atoms with Crippen molar-refractivity contribution in [1.29, 1.82) is 0 Å². The second-order valence-electron chi connectivity index (χ2n) is 8.19. The van der Waals surface area contributed by atoms with Crippen LogP contribution in [0.2, 0.25) is 0 Å². The fourth-order valence-corrected chi connectivity index (χ4v) is 5.12. The highest BCUT2D eigenvalue weighted by Gasteiger charge is 2.43. The normalized spacial score (nSPS) is 12.8. The first-order valence-electron chi connectivity index (χ1n) is 11.3. The lowest BCUT2D eigenvalue weighted by molar-refractivity contribution is -0.142. The number of benzene rings is 3. The molecular formula is C27H27N3O5S. The number of Topliss-reactive ketones (excluding diaryl/α,β-unsaturated/α-hetero) is 1. The predicted molar refractivity (Wildman–Crippen MR) is 135 cm³/mol. The van der Waals surface area contributed by atoms with Crippen molar-refractivity contribution in [3.8, 4) is 0 Å².